The number of nitrogens with zero attached hydrogens (tertiary/aromatic N) is 1. The van der Waals surface area contributed by atoms with E-state index in [-0.39, 0.29) is 23.5 Å². The predicted octanol–water partition coefficient (Wildman–Crippen LogP) is 2.12. The van der Waals surface area contributed by atoms with Crippen molar-refractivity contribution in [2.75, 3.05) is 0 Å². The van der Waals surface area contributed by atoms with E-state index in [1.165, 1.54) is 0 Å². The van der Waals surface area contributed by atoms with Crippen LogP contribution >= 0.6 is 0 Å². The summed E-state index contributed by atoms with van der Waals surface area (Å²) < 4.78 is 5.30. The van der Waals surface area contributed by atoms with E-state index in [4.69, 9.17) is 4.74 Å². The van der Waals surface area contributed by atoms with Gasteiger partial charge in [0.2, 0.25) is 0 Å². The van der Waals surface area contributed by atoms with Gasteiger partial charge in [-0.05, 0) is 40.5 Å². The van der Waals surface area contributed by atoms with E-state index in [0.717, 1.165) is 12.8 Å². The standard InChI is InChI=1S/C12H19NO3/c1-11(2,3)16-10(15)13-9-8(14)6-5-7-12(9,13)4/h9H,5-7H2,1-4H3/t9-,12+,13?/m1/s1. The molecule has 0 N–H and O–H groups in total. The Bertz CT molecular complexity index is 345. The predicted molar refractivity (Wildman–Crippen MR) is 59.1 cm³/mol. The Morgan fingerprint density at radius 3 is 2.62 bits per heavy atom. The van der Waals surface area contributed by atoms with Crippen molar-refractivity contribution in [3.05, 3.63) is 0 Å². The zero-order valence-corrected chi connectivity index (χ0v) is 10.4. The van der Waals surface area contributed by atoms with Crippen LogP contribution in [0.4, 0.5) is 4.79 Å². The van der Waals surface area contributed by atoms with Gasteiger partial charge < -0.3 is 4.74 Å². The fourth-order valence-electron chi connectivity index (χ4n) is 2.56. The molecule has 0 unspecified atom stereocenters. The lowest BCUT2D eigenvalue weighted by atomic mass is 9.90. The molecule has 4 heteroatoms. The van der Waals surface area contributed by atoms with Crippen LogP contribution in [0.15, 0.2) is 0 Å². The molecule has 1 aliphatic heterocycles. The van der Waals surface area contributed by atoms with Gasteiger partial charge in [0.05, 0.1) is 5.54 Å². The normalized spacial score (nSPS) is 33.4. The maximum Gasteiger partial charge on any atom is 0.411 e. The SMILES string of the molecule is CC(C)(C)OC(=O)N1[C@@H]2C(=O)CCC[C@@]21C. The van der Waals surface area contributed by atoms with Crippen LogP contribution in [0, 0.1) is 0 Å². The second kappa shape index (κ2) is 3.22. The number of ketones is 1. The molecule has 1 saturated carbocycles. The minimum atomic E-state index is -0.498. The van der Waals surface area contributed by atoms with Crippen LogP contribution in [0.5, 0.6) is 0 Å². The minimum Gasteiger partial charge on any atom is -0.444 e. The maximum absolute atomic E-state index is 11.9. The van der Waals surface area contributed by atoms with E-state index in [1.807, 2.05) is 27.7 Å². The zero-order valence-electron chi connectivity index (χ0n) is 10.4. The van der Waals surface area contributed by atoms with E-state index in [0.29, 0.717) is 6.42 Å². The van der Waals surface area contributed by atoms with E-state index in [1.54, 1.807) is 4.90 Å². The number of likely N-dealkylation sites (tertiary alicyclic amines) is 1. The number of Topliss-reactive ketones (excluding diaryl/α,β-unsaturated/α-hetero) is 1. The number of rotatable bonds is 0. The molecule has 2 atom stereocenters. The monoisotopic (exact) mass is 225 g/mol. The summed E-state index contributed by atoms with van der Waals surface area (Å²) in [6, 6.07) is -0.226. The Morgan fingerprint density at radius 2 is 2.12 bits per heavy atom. The summed E-state index contributed by atoms with van der Waals surface area (Å²) in [6.07, 6.45) is 2.03. The molecule has 4 nitrogen and oxygen atoms in total. The average Bonchev–Trinajstić information content (AvgIpc) is 2.69. The van der Waals surface area contributed by atoms with E-state index < -0.39 is 5.60 Å². The van der Waals surface area contributed by atoms with Crippen LogP contribution < -0.4 is 0 Å². The Balaban J connectivity index is 2.08. The molecular weight excluding hydrogens is 206 g/mol. The van der Waals surface area contributed by atoms with E-state index >= 15 is 0 Å². The Morgan fingerprint density at radius 1 is 1.50 bits per heavy atom. The maximum atomic E-state index is 11.9. The van der Waals surface area contributed by atoms with Crippen LogP contribution in [0.1, 0.15) is 47.0 Å². The first kappa shape index (κ1) is 11.4. The molecule has 1 saturated heterocycles. The number of hydrogen-bond acceptors (Lipinski definition) is 3. The largest absolute Gasteiger partial charge is 0.444 e. The van der Waals surface area contributed by atoms with Gasteiger partial charge in [0.25, 0.3) is 0 Å². The van der Waals surface area contributed by atoms with Gasteiger partial charge in [0.15, 0.2) is 5.78 Å². The number of ether oxygens (including phenoxy) is 1. The van der Waals surface area contributed by atoms with Crippen LogP contribution in [0.25, 0.3) is 0 Å². The Hall–Kier alpha value is -1.06. The average molecular weight is 225 g/mol. The highest BCUT2D eigenvalue weighted by Crippen LogP contribution is 2.49. The van der Waals surface area contributed by atoms with Gasteiger partial charge in [-0.15, -0.1) is 0 Å². The topological polar surface area (TPSA) is 46.4 Å². The molecule has 16 heavy (non-hydrogen) atoms. The number of carbonyl (C=O) groups is 2. The third-order valence-electron chi connectivity index (χ3n) is 3.33. The molecule has 0 bridgehead atoms. The summed E-state index contributed by atoms with van der Waals surface area (Å²) in [4.78, 5) is 25.2. The molecule has 1 amide bonds. The van der Waals surface area contributed by atoms with E-state index in [2.05, 4.69) is 0 Å². The van der Waals surface area contributed by atoms with Gasteiger partial charge in [0, 0.05) is 6.42 Å². The lowest BCUT2D eigenvalue weighted by molar-refractivity contribution is -0.120. The molecule has 2 rings (SSSR count). The lowest BCUT2D eigenvalue weighted by Crippen LogP contribution is -2.30. The highest BCUT2D eigenvalue weighted by Gasteiger charge is 2.67. The van der Waals surface area contributed by atoms with Gasteiger partial charge in [-0.25, -0.2) is 4.79 Å². The summed E-state index contributed by atoms with van der Waals surface area (Å²) in [7, 11) is 0. The Labute approximate surface area is 95.9 Å². The van der Waals surface area contributed by atoms with Crippen molar-refractivity contribution >= 4 is 11.9 Å². The van der Waals surface area contributed by atoms with Crippen molar-refractivity contribution in [3.63, 3.8) is 0 Å². The molecule has 0 aromatic carbocycles. The first-order valence-electron chi connectivity index (χ1n) is 5.81. The Kier molecular flexibility index (Phi) is 2.30. The van der Waals surface area contributed by atoms with Gasteiger partial charge >= 0.3 is 6.09 Å². The van der Waals surface area contributed by atoms with Crippen LogP contribution in [0.3, 0.4) is 0 Å². The molecular formula is C12H19NO3. The third-order valence-corrected chi connectivity index (χ3v) is 3.33. The molecule has 90 valence electrons. The number of fused-ring (bicyclic) bond motifs is 1. The molecule has 1 heterocycles. The molecule has 0 radical (unpaired) electrons. The second-order valence-corrected chi connectivity index (χ2v) is 5.93. The van der Waals surface area contributed by atoms with Gasteiger partial charge in [-0.1, -0.05) is 0 Å². The van der Waals surface area contributed by atoms with Crippen molar-refractivity contribution < 1.29 is 14.3 Å². The smallest absolute Gasteiger partial charge is 0.411 e. The quantitative estimate of drug-likeness (QED) is 0.593. The summed E-state index contributed by atoms with van der Waals surface area (Å²) >= 11 is 0. The molecule has 1 aliphatic carbocycles. The molecule has 0 aromatic rings. The molecule has 2 aliphatic rings. The summed E-state index contributed by atoms with van der Waals surface area (Å²) in [6.45, 7) is 7.48. The third kappa shape index (κ3) is 1.70. The van der Waals surface area contributed by atoms with Crippen LogP contribution in [-0.4, -0.2) is 34.0 Å². The fraction of sp³-hybridized carbons (Fsp3) is 0.833. The summed E-state index contributed by atoms with van der Waals surface area (Å²) in [5, 5.41) is 0. The van der Waals surface area contributed by atoms with Crippen molar-refractivity contribution in [3.8, 4) is 0 Å². The number of hydrogen-bond donors (Lipinski definition) is 0. The zero-order chi connectivity index (χ0) is 12.1. The minimum absolute atomic E-state index is 0.180. The first-order valence-corrected chi connectivity index (χ1v) is 5.81. The molecule has 0 aromatic heterocycles. The van der Waals surface area contributed by atoms with E-state index in [9.17, 15) is 9.59 Å². The molecule has 0 spiro atoms. The van der Waals surface area contributed by atoms with Crippen molar-refractivity contribution in [1.29, 1.82) is 0 Å². The summed E-state index contributed by atoms with van der Waals surface area (Å²) in [5.74, 6) is 0.180. The van der Waals surface area contributed by atoms with Gasteiger partial charge in [0.1, 0.15) is 11.6 Å². The fourth-order valence-corrected chi connectivity index (χ4v) is 2.56. The number of carbonyl (C=O) groups excluding carboxylic acids is 2. The highest BCUT2D eigenvalue weighted by atomic mass is 16.6. The van der Waals surface area contributed by atoms with Gasteiger partial charge in [-0.3, -0.25) is 9.69 Å². The first-order chi connectivity index (χ1) is 7.26. The van der Waals surface area contributed by atoms with Crippen molar-refractivity contribution in [2.45, 2.75) is 64.1 Å². The van der Waals surface area contributed by atoms with Crippen molar-refractivity contribution in [2.24, 2.45) is 0 Å². The second-order valence-electron chi connectivity index (χ2n) is 5.93. The lowest BCUT2D eigenvalue weighted by Gasteiger charge is -2.21. The number of amides is 1. The van der Waals surface area contributed by atoms with Crippen LogP contribution in [-0.2, 0) is 9.53 Å². The van der Waals surface area contributed by atoms with Crippen molar-refractivity contribution in [1.82, 2.24) is 4.90 Å². The summed E-state index contributed by atoms with van der Waals surface area (Å²) in [5.41, 5.74) is -0.764. The molecule has 2 fully saturated rings. The van der Waals surface area contributed by atoms with Gasteiger partial charge in [-0.2, -0.15) is 0 Å². The van der Waals surface area contributed by atoms with Crippen LogP contribution in [0.2, 0.25) is 0 Å². The highest BCUT2D eigenvalue weighted by molar-refractivity contribution is 5.95.